The first kappa shape index (κ1) is 17.7. The summed E-state index contributed by atoms with van der Waals surface area (Å²) in [6.07, 6.45) is 1.43. The molecule has 0 aliphatic carbocycles. The summed E-state index contributed by atoms with van der Waals surface area (Å²) in [5.41, 5.74) is -0.701. The van der Waals surface area contributed by atoms with Crippen LogP contribution >= 0.6 is 11.8 Å². The molecule has 126 valence electrons. The molecule has 5 nitrogen and oxygen atoms in total. The largest absolute Gasteiger partial charge is 0.494 e. The molecule has 1 aromatic carbocycles. The van der Waals surface area contributed by atoms with Gasteiger partial charge in [0.05, 0.1) is 6.61 Å². The predicted molar refractivity (Wildman–Crippen MR) is 91.2 cm³/mol. The van der Waals surface area contributed by atoms with Gasteiger partial charge < -0.3 is 15.2 Å². The highest BCUT2D eigenvalue weighted by atomic mass is 32.2. The molecule has 1 fully saturated rings. The summed E-state index contributed by atoms with van der Waals surface area (Å²) in [5.74, 6) is 1.12. The number of amides is 1. The Balaban J connectivity index is 1.96. The van der Waals surface area contributed by atoms with Gasteiger partial charge in [-0.2, -0.15) is 11.8 Å². The standard InChI is InChI=1S/C17H23NO4S/c1-12(2)7-9-22-14-5-3-13(4-6-14)15(19)18-17(16(20)21)8-10-23-11-17/h3-6,12H,7-11H2,1-2H3,(H,18,19)(H,20,21). The van der Waals surface area contributed by atoms with Gasteiger partial charge in [-0.25, -0.2) is 4.79 Å². The maximum absolute atomic E-state index is 12.3. The molecule has 1 aromatic rings. The first-order chi connectivity index (χ1) is 10.9. The fraction of sp³-hybridized carbons (Fsp3) is 0.529. The summed E-state index contributed by atoms with van der Waals surface area (Å²) in [7, 11) is 0. The number of thioether (sulfide) groups is 1. The van der Waals surface area contributed by atoms with E-state index in [1.807, 2.05) is 0 Å². The van der Waals surface area contributed by atoms with Crippen molar-refractivity contribution < 1.29 is 19.4 Å². The van der Waals surface area contributed by atoms with E-state index < -0.39 is 11.5 Å². The van der Waals surface area contributed by atoms with Gasteiger partial charge in [0.25, 0.3) is 5.91 Å². The number of carboxylic acid groups (broad SMARTS) is 1. The van der Waals surface area contributed by atoms with Gasteiger partial charge in [-0.3, -0.25) is 4.79 Å². The number of carbonyl (C=O) groups excluding carboxylic acids is 1. The summed E-state index contributed by atoms with van der Waals surface area (Å²) < 4.78 is 5.61. The number of aliphatic carboxylic acids is 1. The molecule has 0 saturated carbocycles. The van der Waals surface area contributed by atoms with Crippen molar-refractivity contribution in [2.24, 2.45) is 5.92 Å². The van der Waals surface area contributed by atoms with E-state index in [1.54, 1.807) is 36.0 Å². The van der Waals surface area contributed by atoms with Crippen molar-refractivity contribution in [3.63, 3.8) is 0 Å². The van der Waals surface area contributed by atoms with E-state index in [1.165, 1.54) is 0 Å². The average Bonchev–Trinajstić information content (AvgIpc) is 2.97. The zero-order chi connectivity index (χ0) is 16.9. The fourth-order valence-electron chi connectivity index (χ4n) is 2.29. The molecule has 1 heterocycles. The second-order valence-corrected chi connectivity index (χ2v) is 7.30. The van der Waals surface area contributed by atoms with Crippen LogP contribution in [0.15, 0.2) is 24.3 Å². The molecular formula is C17H23NO4S. The zero-order valence-electron chi connectivity index (χ0n) is 13.5. The minimum atomic E-state index is -1.14. The molecule has 1 aliphatic rings. The van der Waals surface area contributed by atoms with Gasteiger partial charge in [-0.1, -0.05) is 13.8 Å². The van der Waals surface area contributed by atoms with E-state index >= 15 is 0 Å². The van der Waals surface area contributed by atoms with E-state index in [0.717, 1.165) is 12.2 Å². The van der Waals surface area contributed by atoms with Crippen molar-refractivity contribution in [3.05, 3.63) is 29.8 Å². The Hall–Kier alpha value is -1.69. The highest BCUT2D eigenvalue weighted by Crippen LogP contribution is 2.28. The third-order valence-electron chi connectivity index (χ3n) is 3.86. The molecule has 0 aromatic heterocycles. The van der Waals surface area contributed by atoms with Crippen molar-refractivity contribution in [3.8, 4) is 5.75 Å². The number of nitrogens with one attached hydrogen (secondary N) is 1. The first-order valence-corrected chi connectivity index (χ1v) is 8.95. The summed E-state index contributed by atoms with van der Waals surface area (Å²) in [6.45, 7) is 4.91. The lowest BCUT2D eigenvalue weighted by Crippen LogP contribution is -2.54. The van der Waals surface area contributed by atoms with Crippen molar-refractivity contribution in [2.75, 3.05) is 18.1 Å². The van der Waals surface area contributed by atoms with Crippen molar-refractivity contribution in [2.45, 2.75) is 32.2 Å². The Kier molecular flexibility index (Phi) is 5.93. The SMILES string of the molecule is CC(C)CCOc1ccc(C(=O)NC2(C(=O)O)CCSC2)cc1. The maximum atomic E-state index is 12.3. The fourth-order valence-corrected chi connectivity index (χ4v) is 3.62. The number of hydrogen-bond acceptors (Lipinski definition) is 4. The van der Waals surface area contributed by atoms with E-state index in [9.17, 15) is 14.7 Å². The van der Waals surface area contributed by atoms with Gasteiger partial charge in [0.15, 0.2) is 0 Å². The summed E-state index contributed by atoms with van der Waals surface area (Å²) in [6, 6.07) is 6.81. The number of rotatable bonds is 7. The van der Waals surface area contributed by atoms with Crippen LogP contribution in [0.5, 0.6) is 5.75 Å². The van der Waals surface area contributed by atoms with E-state index in [-0.39, 0.29) is 5.91 Å². The Morgan fingerprint density at radius 3 is 2.57 bits per heavy atom. The monoisotopic (exact) mass is 337 g/mol. The maximum Gasteiger partial charge on any atom is 0.330 e. The third kappa shape index (κ3) is 4.64. The van der Waals surface area contributed by atoms with Gasteiger partial charge in [0.2, 0.25) is 0 Å². The quantitative estimate of drug-likeness (QED) is 0.800. The number of carbonyl (C=O) groups is 2. The minimum Gasteiger partial charge on any atom is -0.494 e. The highest BCUT2D eigenvalue weighted by Gasteiger charge is 2.43. The molecule has 0 bridgehead atoms. The second kappa shape index (κ2) is 7.73. The number of benzene rings is 1. The van der Waals surface area contributed by atoms with Crippen LogP contribution in [0.1, 0.15) is 37.0 Å². The van der Waals surface area contributed by atoms with E-state index in [4.69, 9.17) is 4.74 Å². The molecule has 1 aliphatic heterocycles. The van der Waals surface area contributed by atoms with Crippen LogP contribution in [0, 0.1) is 5.92 Å². The van der Waals surface area contributed by atoms with E-state index in [0.29, 0.717) is 36.0 Å². The lowest BCUT2D eigenvalue weighted by atomic mass is 9.98. The van der Waals surface area contributed by atoms with Crippen LogP contribution in [0.3, 0.4) is 0 Å². The number of ether oxygens (including phenoxy) is 1. The number of carboxylic acids is 1. The Morgan fingerprint density at radius 1 is 1.35 bits per heavy atom. The summed E-state index contributed by atoms with van der Waals surface area (Å²) in [4.78, 5) is 23.8. The molecule has 1 atom stereocenters. The zero-order valence-corrected chi connectivity index (χ0v) is 14.3. The van der Waals surface area contributed by atoms with E-state index in [2.05, 4.69) is 19.2 Å². The normalized spacial score (nSPS) is 20.5. The lowest BCUT2D eigenvalue weighted by molar-refractivity contribution is -0.143. The molecule has 0 radical (unpaired) electrons. The minimum absolute atomic E-state index is 0.358. The van der Waals surface area contributed by atoms with Gasteiger partial charge in [0, 0.05) is 11.3 Å². The summed E-state index contributed by atoms with van der Waals surface area (Å²) >= 11 is 1.54. The molecule has 1 unspecified atom stereocenters. The molecule has 1 amide bonds. The highest BCUT2D eigenvalue weighted by molar-refractivity contribution is 7.99. The third-order valence-corrected chi connectivity index (χ3v) is 5.05. The van der Waals surface area contributed by atoms with Crippen LogP contribution in [-0.2, 0) is 4.79 Å². The van der Waals surface area contributed by atoms with Crippen LogP contribution < -0.4 is 10.1 Å². The van der Waals surface area contributed by atoms with Crippen LogP contribution in [0.4, 0.5) is 0 Å². The first-order valence-electron chi connectivity index (χ1n) is 7.79. The lowest BCUT2D eigenvalue weighted by Gasteiger charge is -2.24. The van der Waals surface area contributed by atoms with Gasteiger partial charge in [0.1, 0.15) is 11.3 Å². The van der Waals surface area contributed by atoms with Gasteiger partial charge in [-0.15, -0.1) is 0 Å². The molecule has 2 N–H and O–H groups in total. The second-order valence-electron chi connectivity index (χ2n) is 6.20. The van der Waals surface area contributed by atoms with Crippen LogP contribution in [0.2, 0.25) is 0 Å². The smallest absolute Gasteiger partial charge is 0.330 e. The Morgan fingerprint density at radius 2 is 2.04 bits per heavy atom. The van der Waals surface area contributed by atoms with Crippen molar-refractivity contribution in [1.29, 1.82) is 0 Å². The van der Waals surface area contributed by atoms with Gasteiger partial charge >= 0.3 is 5.97 Å². The van der Waals surface area contributed by atoms with Gasteiger partial charge in [-0.05, 0) is 48.8 Å². The molecule has 0 spiro atoms. The predicted octanol–water partition coefficient (Wildman–Crippen LogP) is 2.80. The molecule has 1 saturated heterocycles. The average molecular weight is 337 g/mol. The molecule has 23 heavy (non-hydrogen) atoms. The van der Waals surface area contributed by atoms with Crippen molar-refractivity contribution in [1.82, 2.24) is 5.32 Å². The molecular weight excluding hydrogens is 314 g/mol. The molecule has 2 rings (SSSR count). The molecule has 6 heteroatoms. The van der Waals surface area contributed by atoms with Crippen molar-refractivity contribution >= 4 is 23.6 Å². The Bertz CT molecular complexity index is 550. The Labute approximate surface area is 140 Å². The summed E-state index contributed by atoms with van der Waals surface area (Å²) in [5, 5.41) is 12.1. The number of hydrogen-bond donors (Lipinski definition) is 2. The van der Waals surface area contributed by atoms with Crippen LogP contribution in [0.25, 0.3) is 0 Å². The topological polar surface area (TPSA) is 75.6 Å². The van der Waals surface area contributed by atoms with Crippen LogP contribution in [-0.4, -0.2) is 40.6 Å².